The highest BCUT2D eigenvalue weighted by atomic mass is 15.1. The van der Waals surface area contributed by atoms with E-state index in [9.17, 15) is 0 Å². The second-order valence-corrected chi connectivity index (χ2v) is 4.87. The first-order valence-electron chi connectivity index (χ1n) is 6.19. The van der Waals surface area contributed by atoms with Crippen LogP contribution in [0.5, 0.6) is 0 Å². The first-order valence-corrected chi connectivity index (χ1v) is 6.19. The third-order valence-corrected chi connectivity index (χ3v) is 3.78. The molecule has 0 spiro atoms. The summed E-state index contributed by atoms with van der Waals surface area (Å²) in [5, 5.41) is 8.77. The van der Waals surface area contributed by atoms with Crippen LogP contribution in [0.25, 0.3) is 0 Å². The number of anilines is 1. The molecule has 2 N–H and O–H groups in total. The molecule has 3 nitrogen and oxygen atoms in total. The predicted molar refractivity (Wildman–Crippen MR) is 69.7 cm³/mol. The third-order valence-electron chi connectivity index (χ3n) is 3.78. The highest BCUT2D eigenvalue weighted by Crippen LogP contribution is 2.26. The number of nitrogens with two attached hydrogens (primary N) is 1. The molecule has 1 heterocycles. The molecule has 1 aromatic rings. The van der Waals surface area contributed by atoms with Crippen LogP contribution in [0.4, 0.5) is 5.69 Å². The van der Waals surface area contributed by atoms with Gasteiger partial charge < -0.3 is 10.6 Å². The summed E-state index contributed by atoms with van der Waals surface area (Å²) >= 11 is 0. The lowest BCUT2D eigenvalue weighted by Gasteiger charge is -2.38. The van der Waals surface area contributed by atoms with Crippen molar-refractivity contribution >= 4 is 5.69 Å². The Morgan fingerprint density at radius 3 is 2.71 bits per heavy atom. The van der Waals surface area contributed by atoms with Crippen molar-refractivity contribution in [1.29, 1.82) is 5.26 Å². The Balaban J connectivity index is 2.09. The lowest BCUT2D eigenvalue weighted by Crippen LogP contribution is -2.42. The van der Waals surface area contributed by atoms with Gasteiger partial charge in [-0.1, -0.05) is 6.92 Å². The van der Waals surface area contributed by atoms with E-state index >= 15 is 0 Å². The van der Waals surface area contributed by atoms with Gasteiger partial charge in [0.25, 0.3) is 0 Å². The number of rotatable bonds is 2. The average Bonchev–Trinajstić information content (AvgIpc) is 2.39. The molecule has 0 amide bonds. The highest BCUT2D eigenvalue weighted by Gasteiger charge is 2.24. The van der Waals surface area contributed by atoms with E-state index in [4.69, 9.17) is 11.0 Å². The molecule has 2 unspecified atom stereocenters. The molecule has 17 heavy (non-hydrogen) atoms. The smallest absolute Gasteiger partial charge is 0.0991 e. The molecular formula is C14H19N3. The number of hydrogen-bond acceptors (Lipinski definition) is 3. The van der Waals surface area contributed by atoms with Crippen molar-refractivity contribution in [2.45, 2.75) is 13.3 Å². The van der Waals surface area contributed by atoms with Crippen LogP contribution in [0.3, 0.4) is 0 Å². The molecule has 1 fully saturated rings. The van der Waals surface area contributed by atoms with Gasteiger partial charge in [-0.05, 0) is 49.1 Å². The van der Waals surface area contributed by atoms with Gasteiger partial charge in [-0.2, -0.15) is 5.26 Å². The Morgan fingerprint density at radius 1 is 1.41 bits per heavy atom. The molecule has 2 rings (SSSR count). The lowest BCUT2D eigenvalue weighted by atomic mass is 9.87. The van der Waals surface area contributed by atoms with Gasteiger partial charge in [-0.25, -0.2) is 0 Å². The molecule has 3 heteroatoms. The van der Waals surface area contributed by atoms with E-state index in [1.54, 1.807) is 0 Å². The Morgan fingerprint density at radius 2 is 2.12 bits per heavy atom. The summed E-state index contributed by atoms with van der Waals surface area (Å²) in [5.41, 5.74) is 7.73. The first kappa shape index (κ1) is 11.9. The summed E-state index contributed by atoms with van der Waals surface area (Å²) < 4.78 is 0. The van der Waals surface area contributed by atoms with Crippen molar-refractivity contribution in [3.63, 3.8) is 0 Å². The number of piperidine rings is 1. The number of nitrogens with zero attached hydrogens (tertiary/aromatic N) is 2. The van der Waals surface area contributed by atoms with Crippen LogP contribution in [0.2, 0.25) is 0 Å². The zero-order valence-electron chi connectivity index (χ0n) is 10.3. The van der Waals surface area contributed by atoms with E-state index < -0.39 is 0 Å². The molecule has 1 aliphatic heterocycles. The molecule has 0 aromatic heterocycles. The topological polar surface area (TPSA) is 53.0 Å². The number of benzene rings is 1. The van der Waals surface area contributed by atoms with Crippen LogP contribution in [0.15, 0.2) is 24.3 Å². The normalized spacial score (nSPS) is 24.4. The first-order chi connectivity index (χ1) is 8.24. The summed E-state index contributed by atoms with van der Waals surface area (Å²) in [4.78, 5) is 2.37. The van der Waals surface area contributed by atoms with E-state index in [0.29, 0.717) is 5.92 Å². The van der Waals surface area contributed by atoms with E-state index in [1.807, 2.05) is 24.3 Å². The van der Waals surface area contributed by atoms with Crippen LogP contribution in [-0.2, 0) is 0 Å². The standard InChI is InChI=1S/C14H19N3/c1-11-6-7-17(10-13(11)9-16)14-4-2-12(8-15)3-5-14/h2-5,11,13H,6-7,9-10,16H2,1H3. The van der Waals surface area contributed by atoms with Crippen molar-refractivity contribution in [2.24, 2.45) is 17.6 Å². The average molecular weight is 229 g/mol. The summed E-state index contributed by atoms with van der Waals surface area (Å²) in [5.74, 6) is 1.30. The Bertz CT molecular complexity index is 404. The van der Waals surface area contributed by atoms with Gasteiger partial charge in [0.2, 0.25) is 0 Å². The molecular weight excluding hydrogens is 210 g/mol. The SMILES string of the molecule is CC1CCN(c2ccc(C#N)cc2)CC1CN. The molecule has 2 atom stereocenters. The zero-order valence-corrected chi connectivity index (χ0v) is 10.3. The van der Waals surface area contributed by atoms with Crippen molar-refractivity contribution in [2.75, 3.05) is 24.5 Å². The Hall–Kier alpha value is -1.53. The quantitative estimate of drug-likeness (QED) is 0.843. The third kappa shape index (κ3) is 2.59. The van der Waals surface area contributed by atoms with Crippen molar-refractivity contribution < 1.29 is 0 Å². The largest absolute Gasteiger partial charge is 0.371 e. The molecule has 0 radical (unpaired) electrons. The van der Waals surface area contributed by atoms with Gasteiger partial charge >= 0.3 is 0 Å². The van der Waals surface area contributed by atoms with E-state index in [2.05, 4.69) is 17.9 Å². The maximum Gasteiger partial charge on any atom is 0.0991 e. The van der Waals surface area contributed by atoms with E-state index in [0.717, 1.165) is 31.1 Å². The van der Waals surface area contributed by atoms with Crippen LogP contribution in [0, 0.1) is 23.2 Å². The maximum absolute atomic E-state index is 8.77. The summed E-state index contributed by atoms with van der Waals surface area (Å²) in [7, 11) is 0. The van der Waals surface area contributed by atoms with Crippen molar-refractivity contribution in [1.82, 2.24) is 0 Å². The Kier molecular flexibility index (Phi) is 3.65. The highest BCUT2D eigenvalue weighted by molar-refractivity contribution is 5.50. The molecule has 0 saturated carbocycles. The van der Waals surface area contributed by atoms with Gasteiger partial charge in [0.15, 0.2) is 0 Å². The summed E-state index contributed by atoms with van der Waals surface area (Å²) in [6, 6.07) is 9.96. The number of nitriles is 1. The number of hydrogen-bond donors (Lipinski definition) is 1. The van der Waals surface area contributed by atoms with Crippen molar-refractivity contribution in [3.05, 3.63) is 29.8 Å². The minimum Gasteiger partial charge on any atom is -0.371 e. The second-order valence-electron chi connectivity index (χ2n) is 4.87. The second kappa shape index (κ2) is 5.20. The fourth-order valence-electron chi connectivity index (χ4n) is 2.44. The lowest BCUT2D eigenvalue weighted by molar-refractivity contribution is 0.308. The molecule has 1 aromatic carbocycles. The van der Waals surface area contributed by atoms with Crippen LogP contribution >= 0.6 is 0 Å². The molecule has 0 bridgehead atoms. The fourth-order valence-corrected chi connectivity index (χ4v) is 2.44. The van der Waals surface area contributed by atoms with Crippen LogP contribution in [-0.4, -0.2) is 19.6 Å². The van der Waals surface area contributed by atoms with Gasteiger partial charge in [-0.15, -0.1) is 0 Å². The molecule has 90 valence electrons. The zero-order chi connectivity index (χ0) is 12.3. The van der Waals surface area contributed by atoms with Crippen LogP contribution < -0.4 is 10.6 Å². The summed E-state index contributed by atoms with van der Waals surface area (Å²) in [6.07, 6.45) is 1.20. The monoisotopic (exact) mass is 229 g/mol. The van der Waals surface area contributed by atoms with Crippen LogP contribution in [0.1, 0.15) is 18.9 Å². The van der Waals surface area contributed by atoms with Gasteiger partial charge in [0.05, 0.1) is 11.6 Å². The van der Waals surface area contributed by atoms with E-state index in [-0.39, 0.29) is 0 Å². The molecule has 1 saturated heterocycles. The molecule has 1 aliphatic rings. The van der Waals surface area contributed by atoms with Gasteiger partial charge in [0, 0.05) is 18.8 Å². The minimum atomic E-state index is 0.583. The Labute approximate surface area is 103 Å². The minimum absolute atomic E-state index is 0.583. The summed E-state index contributed by atoms with van der Waals surface area (Å²) in [6.45, 7) is 5.16. The fraction of sp³-hybridized carbons (Fsp3) is 0.500. The van der Waals surface area contributed by atoms with E-state index in [1.165, 1.54) is 12.1 Å². The van der Waals surface area contributed by atoms with Gasteiger partial charge in [-0.3, -0.25) is 0 Å². The van der Waals surface area contributed by atoms with Gasteiger partial charge in [0.1, 0.15) is 0 Å². The molecule has 0 aliphatic carbocycles. The predicted octanol–water partition coefficient (Wildman–Crippen LogP) is 1.98. The van der Waals surface area contributed by atoms with Crippen molar-refractivity contribution in [3.8, 4) is 6.07 Å². The maximum atomic E-state index is 8.77.